The van der Waals surface area contributed by atoms with Crippen LogP contribution in [0.5, 0.6) is 5.75 Å². The van der Waals surface area contributed by atoms with Crippen molar-refractivity contribution in [3.63, 3.8) is 0 Å². The van der Waals surface area contributed by atoms with Gasteiger partial charge in [0.25, 0.3) is 0 Å². The SMILES string of the molecule is Cc1[c]cccc1OCc1ccccc1. The lowest BCUT2D eigenvalue weighted by atomic mass is 10.2. The summed E-state index contributed by atoms with van der Waals surface area (Å²) in [5.74, 6) is 0.904. The summed E-state index contributed by atoms with van der Waals surface area (Å²) in [5.41, 5.74) is 2.23. The van der Waals surface area contributed by atoms with E-state index in [0.29, 0.717) is 6.61 Å². The molecule has 0 saturated carbocycles. The molecule has 1 radical (unpaired) electrons. The zero-order chi connectivity index (χ0) is 10.5. The maximum absolute atomic E-state index is 5.69. The van der Waals surface area contributed by atoms with Crippen molar-refractivity contribution in [1.82, 2.24) is 0 Å². The van der Waals surface area contributed by atoms with Crippen molar-refractivity contribution in [3.05, 3.63) is 65.7 Å². The van der Waals surface area contributed by atoms with E-state index in [1.54, 1.807) is 0 Å². The van der Waals surface area contributed by atoms with Crippen LogP contribution in [0, 0.1) is 13.0 Å². The molecule has 2 aromatic carbocycles. The average Bonchev–Trinajstić information content (AvgIpc) is 2.29. The Balaban J connectivity index is 2.03. The van der Waals surface area contributed by atoms with Crippen molar-refractivity contribution < 1.29 is 4.74 Å². The van der Waals surface area contributed by atoms with Gasteiger partial charge in [-0.1, -0.05) is 42.5 Å². The van der Waals surface area contributed by atoms with E-state index >= 15 is 0 Å². The average molecular weight is 197 g/mol. The molecule has 0 aliphatic rings. The Morgan fingerprint density at radius 1 is 1.07 bits per heavy atom. The molecule has 0 N–H and O–H groups in total. The van der Waals surface area contributed by atoms with Crippen LogP contribution in [0.15, 0.2) is 48.5 Å². The Labute approximate surface area is 90.3 Å². The van der Waals surface area contributed by atoms with Crippen molar-refractivity contribution in [2.45, 2.75) is 13.5 Å². The van der Waals surface area contributed by atoms with Crippen molar-refractivity contribution in [2.24, 2.45) is 0 Å². The maximum atomic E-state index is 5.69. The molecule has 1 heteroatoms. The fraction of sp³-hybridized carbons (Fsp3) is 0.143. The normalized spacial score (nSPS) is 9.93. The van der Waals surface area contributed by atoms with Gasteiger partial charge >= 0.3 is 0 Å². The molecule has 0 amide bonds. The van der Waals surface area contributed by atoms with E-state index in [0.717, 1.165) is 11.3 Å². The smallest absolute Gasteiger partial charge is 0.123 e. The van der Waals surface area contributed by atoms with Gasteiger partial charge in [-0.05, 0) is 30.2 Å². The molecule has 2 rings (SSSR count). The van der Waals surface area contributed by atoms with Gasteiger partial charge in [0.2, 0.25) is 0 Å². The molecule has 0 aromatic heterocycles. The number of rotatable bonds is 3. The number of benzene rings is 2. The van der Waals surface area contributed by atoms with Gasteiger partial charge in [0.05, 0.1) is 0 Å². The fourth-order valence-corrected chi connectivity index (χ4v) is 1.40. The first-order valence-corrected chi connectivity index (χ1v) is 5.00. The molecular formula is C14H13O. The highest BCUT2D eigenvalue weighted by Crippen LogP contribution is 2.17. The highest BCUT2D eigenvalue weighted by Gasteiger charge is 1.98. The van der Waals surface area contributed by atoms with Gasteiger partial charge in [-0.2, -0.15) is 0 Å². The molecule has 2 aromatic rings. The summed E-state index contributed by atoms with van der Waals surface area (Å²) >= 11 is 0. The van der Waals surface area contributed by atoms with Gasteiger partial charge < -0.3 is 4.74 Å². The quantitative estimate of drug-likeness (QED) is 0.733. The lowest BCUT2D eigenvalue weighted by Gasteiger charge is -2.08. The molecule has 0 aliphatic heterocycles. The third-order valence-electron chi connectivity index (χ3n) is 2.25. The minimum atomic E-state index is 0.611. The van der Waals surface area contributed by atoms with E-state index in [-0.39, 0.29) is 0 Å². The monoisotopic (exact) mass is 197 g/mol. The van der Waals surface area contributed by atoms with E-state index in [1.165, 1.54) is 5.56 Å². The first-order valence-electron chi connectivity index (χ1n) is 5.00. The summed E-state index contributed by atoms with van der Waals surface area (Å²) in [6.45, 7) is 2.61. The lowest BCUT2D eigenvalue weighted by Crippen LogP contribution is -1.96. The standard InChI is InChI=1S/C14H13O/c1-12-7-5-6-10-14(12)15-11-13-8-3-2-4-9-13/h2-6,8-10H,11H2,1H3. The molecule has 0 fully saturated rings. The van der Waals surface area contributed by atoms with Crippen LogP contribution in [0.1, 0.15) is 11.1 Å². The van der Waals surface area contributed by atoms with Crippen LogP contribution < -0.4 is 4.74 Å². The second kappa shape index (κ2) is 4.65. The Kier molecular flexibility index (Phi) is 3.03. The summed E-state index contributed by atoms with van der Waals surface area (Å²) < 4.78 is 5.69. The van der Waals surface area contributed by atoms with Crippen molar-refractivity contribution >= 4 is 0 Å². The number of ether oxygens (including phenoxy) is 1. The van der Waals surface area contributed by atoms with Gasteiger partial charge in [0.15, 0.2) is 0 Å². The van der Waals surface area contributed by atoms with Crippen LogP contribution in [0.2, 0.25) is 0 Å². The van der Waals surface area contributed by atoms with E-state index in [2.05, 4.69) is 18.2 Å². The largest absolute Gasteiger partial charge is 0.489 e. The molecule has 0 saturated heterocycles. The minimum Gasteiger partial charge on any atom is -0.489 e. The van der Waals surface area contributed by atoms with Crippen molar-refractivity contribution in [1.29, 1.82) is 0 Å². The van der Waals surface area contributed by atoms with E-state index in [4.69, 9.17) is 4.74 Å². The zero-order valence-electron chi connectivity index (χ0n) is 8.73. The zero-order valence-corrected chi connectivity index (χ0v) is 8.73. The van der Waals surface area contributed by atoms with Gasteiger partial charge in [-0.15, -0.1) is 0 Å². The first-order chi connectivity index (χ1) is 7.36. The molecular weight excluding hydrogens is 184 g/mol. The number of aryl methyl sites for hydroxylation is 1. The minimum absolute atomic E-state index is 0.611. The Morgan fingerprint density at radius 2 is 1.87 bits per heavy atom. The lowest BCUT2D eigenvalue weighted by molar-refractivity contribution is 0.304. The molecule has 15 heavy (non-hydrogen) atoms. The summed E-state index contributed by atoms with van der Waals surface area (Å²) in [7, 11) is 0. The van der Waals surface area contributed by atoms with Gasteiger partial charge in [-0.25, -0.2) is 0 Å². The highest BCUT2D eigenvalue weighted by molar-refractivity contribution is 5.31. The molecule has 0 atom stereocenters. The summed E-state index contributed by atoms with van der Waals surface area (Å²) in [6, 6.07) is 19.1. The summed E-state index contributed by atoms with van der Waals surface area (Å²) in [4.78, 5) is 0. The summed E-state index contributed by atoms with van der Waals surface area (Å²) in [5, 5.41) is 0. The predicted octanol–water partition coefficient (Wildman–Crippen LogP) is 3.37. The predicted molar refractivity (Wildman–Crippen MR) is 60.8 cm³/mol. The fourth-order valence-electron chi connectivity index (χ4n) is 1.40. The molecule has 0 aliphatic carbocycles. The Morgan fingerprint density at radius 3 is 2.60 bits per heavy atom. The second-order valence-electron chi connectivity index (χ2n) is 3.43. The molecule has 75 valence electrons. The van der Waals surface area contributed by atoms with Gasteiger partial charge in [0, 0.05) is 0 Å². The third-order valence-corrected chi connectivity index (χ3v) is 2.25. The molecule has 0 unspecified atom stereocenters. The van der Waals surface area contributed by atoms with E-state index in [1.807, 2.05) is 43.3 Å². The van der Waals surface area contributed by atoms with E-state index < -0.39 is 0 Å². The van der Waals surface area contributed by atoms with Crippen LogP contribution in [0.4, 0.5) is 0 Å². The maximum Gasteiger partial charge on any atom is 0.123 e. The number of hydrogen-bond acceptors (Lipinski definition) is 1. The van der Waals surface area contributed by atoms with E-state index in [9.17, 15) is 0 Å². The van der Waals surface area contributed by atoms with Crippen LogP contribution in [0.25, 0.3) is 0 Å². The number of hydrogen-bond donors (Lipinski definition) is 0. The molecule has 0 heterocycles. The first kappa shape index (κ1) is 9.78. The molecule has 0 spiro atoms. The summed E-state index contributed by atoms with van der Waals surface area (Å²) in [6.07, 6.45) is 0. The third kappa shape index (κ3) is 2.59. The Hall–Kier alpha value is -1.76. The van der Waals surface area contributed by atoms with Crippen LogP contribution in [0.3, 0.4) is 0 Å². The molecule has 0 bridgehead atoms. The van der Waals surface area contributed by atoms with Crippen molar-refractivity contribution in [2.75, 3.05) is 0 Å². The van der Waals surface area contributed by atoms with Crippen LogP contribution >= 0.6 is 0 Å². The van der Waals surface area contributed by atoms with Crippen molar-refractivity contribution in [3.8, 4) is 5.75 Å². The highest BCUT2D eigenvalue weighted by atomic mass is 16.5. The Bertz CT molecular complexity index is 420. The molecule has 1 nitrogen and oxygen atoms in total. The second-order valence-corrected chi connectivity index (χ2v) is 3.43. The van der Waals surface area contributed by atoms with Gasteiger partial charge in [0.1, 0.15) is 12.4 Å². The topological polar surface area (TPSA) is 9.23 Å². The van der Waals surface area contributed by atoms with Gasteiger partial charge in [-0.3, -0.25) is 0 Å². The van der Waals surface area contributed by atoms with Crippen LogP contribution in [-0.2, 0) is 6.61 Å². The van der Waals surface area contributed by atoms with Crippen LogP contribution in [-0.4, -0.2) is 0 Å².